The van der Waals surface area contributed by atoms with E-state index < -0.39 is 0 Å². The first-order chi connectivity index (χ1) is 8.28. The van der Waals surface area contributed by atoms with Crippen LogP contribution in [0.2, 0.25) is 0 Å². The Balaban J connectivity index is 1.91. The fraction of sp³-hybridized carbons (Fsp3) is 0.571. The highest BCUT2D eigenvalue weighted by Crippen LogP contribution is 2.31. The molecule has 0 saturated heterocycles. The molecule has 1 aromatic rings. The lowest BCUT2D eigenvalue weighted by atomic mass is 9.91. The maximum absolute atomic E-state index is 9.17. The number of hydrogen-bond donors (Lipinski definition) is 1. The largest absolute Gasteiger partial charge is 0.392 e. The summed E-state index contributed by atoms with van der Waals surface area (Å²) in [5, 5.41) is 9.17. The van der Waals surface area contributed by atoms with Crippen LogP contribution in [0.25, 0.3) is 0 Å². The van der Waals surface area contributed by atoms with E-state index in [9.17, 15) is 5.11 Å². The third-order valence-electron chi connectivity index (χ3n) is 3.32. The summed E-state index contributed by atoms with van der Waals surface area (Å²) in [6, 6.07) is 6.22. The van der Waals surface area contributed by atoms with Crippen molar-refractivity contribution in [3.63, 3.8) is 0 Å². The van der Waals surface area contributed by atoms with E-state index >= 15 is 0 Å². The molecule has 0 heterocycles. The maximum Gasteiger partial charge on any atom is 0.0682 e. The van der Waals surface area contributed by atoms with E-state index in [-0.39, 0.29) is 6.61 Å². The molecule has 0 atom stereocenters. The van der Waals surface area contributed by atoms with E-state index in [1.165, 1.54) is 42.8 Å². The fourth-order valence-corrected chi connectivity index (χ4v) is 4.26. The lowest BCUT2D eigenvalue weighted by Gasteiger charge is -2.21. The van der Waals surface area contributed by atoms with Gasteiger partial charge >= 0.3 is 0 Å². The van der Waals surface area contributed by atoms with Crippen molar-refractivity contribution in [2.45, 2.75) is 43.6 Å². The highest BCUT2D eigenvalue weighted by molar-refractivity contribution is 9.10. The molecule has 1 nitrogen and oxygen atoms in total. The molecule has 1 saturated carbocycles. The molecule has 0 aromatic heterocycles. The van der Waals surface area contributed by atoms with E-state index in [1.807, 2.05) is 17.8 Å². The van der Waals surface area contributed by atoms with Gasteiger partial charge in [0.05, 0.1) is 6.61 Å². The second-order valence-electron chi connectivity index (χ2n) is 4.77. The summed E-state index contributed by atoms with van der Waals surface area (Å²) in [4.78, 5) is 1.27. The highest BCUT2D eigenvalue weighted by atomic mass is 79.9. The summed E-state index contributed by atoms with van der Waals surface area (Å²) in [6.07, 6.45) is 7.03. The molecule has 0 spiro atoms. The van der Waals surface area contributed by atoms with Crippen molar-refractivity contribution in [1.29, 1.82) is 0 Å². The Morgan fingerprint density at radius 1 is 1.18 bits per heavy atom. The fourth-order valence-electron chi connectivity index (χ4n) is 2.36. The Morgan fingerprint density at radius 3 is 2.65 bits per heavy atom. The molecular formula is C14H19BrOS. The standard InChI is InChI=1S/C14H19BrOS/c15-13-6-12(9-16)7-14(8-13)17-10-11-4-2-1-3-5-11/h6-8,11,16H,1-5,9-10H2. The van der Waals surface area contributed by atoms with Crippen LogP contribution >= 0.6 is 27.7 Å². The van der Waals surface area contributed by atoms with Crippen LogP contribution in [0.4, 0.5) is 0 Å². The summed E-state index contributed by atoms with van der Waals surface area (Å²) in [5.41, 5.74) is 0.991. The van der Waals surface area contributed by atoms with Gasteiger partial charge < -0.3 is 5.11 Å². The van der Waals surface area contributed by atoms with Gasteiger partial charge in [-0.25, -0.2) is 0 Å². The molecule has 0 bridgehead atoms. The van der Waals surface area contributed by atoms with Gasteiger partial charge in [-0.15, -0.1) is 11.8 Å². The SMILES string of the molecule is OCc1cc(Br)cc(SCC2CCCCC2)c1. The summed E-state index contributed by atoms with van der Waals surface area (Å²) in [5.74, 6) is 2.12. The van der Waals surface area contributed by atoms with Crippen molar-refractivity contribution >= 4 is 27.7 Å². The zero-order chi connectivity index (χ0) is 12.1. The van der Waals surface area contributed by atoms with Gasteiger partial charge in [-0.3, -0.25) is 0 Å². The van der Waals surface area contributed by atoms with Gasteiger partial charge in [-0.2, -0.15) is 0 Å². The van der Waals surface area contributed by atoms with Crippen molar-refractivity contribution in [3.05, 3.63) is 28.2 Å². The monoisotopic (exact) mass is 314 g/mol. The quantitative estimate of drug-likeness (QED) is 0.819. The molecule has 3 heteroatoms. The summed E-state index contributed by atoms with van der Waals surface area (Å²) in [6.45, 7) is 0.121. The Bertz CT molecular complexity index is 361. The zero-order valence-electron chi connectivity index (χ0n) is 9.99. The average molecular weight is 315 g/mol. The Labute approximate surface area is 116 Å². The second kappa shape index (κ2) is 6.81. The first-order valence-electron chi connectivity index (χ1n) is 6.31. The summed E-state index contributed by atoms with van der Waals surface area (Å²) in [7, 11) is 0. The molecule has 17 heavy (non-hydrogen) atoms. The summed E-state index contributed by atoms with van der Waals surface area (Å²) >= 11 is 5.42. The van der Waals surface area contributed by atoms with Gasteiger partial charge in [-0.1, -0.05) is 35.2 Å². The number of benzene rings is 1. The van der Waals surface area contributed by atoms with E-state index in [4.69, 9.17) is 0 Å². The third-order valence-corrected chi connectivity index (χ3v) is 4.99. The van der Waals surface area contributed by atoms with E-state index in [0.717, 1.165) is 16.0 Å². The maximum atomic E-state index is 9.17. The Kier molecular flexibility index (Phi) is 5.39. The number of halogens is 1. The molecule has 0 radical (unpaired) electrons. The molecule has 1 aromatic carbocycles. The van der Waals surface area contributed by atoms with Gasteiger partial charge in [0.1, 0.15) is 0 Å². The van der Waals surface area contributed by atoms with Crippen molar-refractivity contribution in [2.24, 2.45) is 5.92 Å². The van der Waals surface area contributed by atoms with Gasteiger partial charge in [-0.05, 0) is 42.5 Å². The average Bonchev–Trinajstić information content (AvgIpc) is 2.37. The van der Waals surface area contributed by atoms with Crippen molar-refractivity contribution < 1.29 is 5.11 Å². The number of aliphatic hydroxyl groups excluding tert-OH is 1. The summed E-state index contributed by atoms with van der Waals surface area (Å²) < 4.78 is 1.06. The van der Waals surface area contributed by atoms with Crippen LogP contribution in [-0.4, -0.2) is 10.9 Å². The van der Waals surface area contributed by atoms with Gasteiger partial charge in [0.15, 0.2) is 0 Å². The van der Waals surface area contributed by atoms with Crippen LogP contribution in [0.5, 0.6) is 0 Å². The van der Waals surface area contributed by atoms with Crippen LogP contribution in [0.15, 0.2) is 27.6 Å². The Morgan fingerprint density at radius 2 is 1.94 bits per heavy atom. The smallest absolute Gasteiger partial charge is 0.0682 e. The number of aliphatic hydroxyl groups is 1. The van der Waals surface area contributed by atoms with Crippen LogP contribution < -0.4 is 0 Å². The van der Waals surface area contributed by atoms with Crippen molar-refractivity contribution in [1.82, 2.24) is 0 Å². The van der Waals surface area contributed by atoms with Gasteiger partial charge in [0.2, 0.25) is 0 Å². The molecule has 0 amide bonds. The van der Waals surface area contributed by atoms with Crippen LogP contribution in [0.1, 0.15) is 37.7 Å². The molecule has 0 unspecified atom stereocenters. The molecule has 1 fully saturated rings. The minimum atomic E-state index is 0.121. The zero-order valence-corrected chi connectivity index (χ0v) is 12.4. The first kappa shape index (κ1) is 13.4. The molecule has 94 valence electrons. The van der Waals surface area contributed by atoms with Gasteiger partial charge in [0.25, 0.3) is 0 Å². The number of thioether (sulfide) groups is 1. The van der Waals surface area contributed by atoms with E-state index in [1.54, 1.807) is 0 Å². The molecule has 2 rings (SSSR count). The second-order valence-corrected chi connectivity index (χ2v) is 6.78. The lowest BCUT2D eigenvalue weighted by molar-refractivity contribution is 0.281. The van der Waals surface area contributed by atoms with Crippen molar-refractivity contribution in [3.8, 4) is 0 Å². The third kappa shape index (κ3) is 4.31. The highest BCUT2D eigenvalue weighted by Gasteiger charge is 2.13. The molecular weight excluding hydrogens is 296 g/mol. The minimum absolute atomic E-state index is 0.121. The number of hydrogen-bond acceptors (Lipinski definition) is 2. The first-order valence-corrected chi connectivity index (χ1v) is 8.09. The number of rotatable bonds is 4. The molecule has 1 N–H and O–H groups in total. The molecule has 1 aliphatic carbocycles. The van der Waals surface area contributed by atoms with E-state index in [2.05, 4.69) is 28.1 Å². The van der Waals surface area contributed by atoms with E-state index in [0.29, 0.717) is 0 Å². The Hall–Kier alpha value is 0.01000. The predicted molar refractivity (Wildman–Crippen MR) is 77.4 cm³/mol. The van der Waals surface area contributed by atoms with Crippen LogP contribution in [-0.2, 0) is 6.61 Å². The van der Waals surface area contributed by atoms with Crippen molar-refractivity contribution in [2.75, 3.05) is 5.75 Å². The minimum Gasteiger partial charge on any atom is -0.392 e. The molecule has 1 aliphatic rings. The topological polar surface area (TPSA) is 20.2 Å². The van der Waals surface area contributed by atoms with Gasteiger partial charge in [0, 0.05) is 15.1 Å². The van der Waals surface area contributed by atoms with Crippen LogP contribution in [0, 0.1) is 5.92 Å². The lowest BCUT2D eigenvalue weighted by Crippen LogP contribution is -2.08. The predicted octanol–water partition coefficient (Wildman–Crippen LogP) is 4.61. The molecule has 0 aliphatic heterocycles. The van der Waals surface area contributed by atoms with Crippen LogP contribution in [0.3, 0.4) is 0 Å². The normalized spacial score (nSPS) is 17.3.